The smallest absolute Gasteiger partial charge is 0.257 e. The van der Waals surface area contributed by atoms with Crippen LogP contribution in [-0.2, 0) is 0 Å². The lowest BCUT2D eigenvalue weighted by Gasteiger charge is -2.13. The van der Waals surface area contributed by atoms with E-state index in [1.165, 1.54) is 6.20 Å². The molecule has 0 saturated carbocycles. The Bertz CT molecular complexity index is 960. The maximum absolute atomic E-state index is 12.6. The molecule has 6 heteroatoms. The standard InChI is InChI=1S/C21H20ClN3O2/c1-3-27-20-7-5-4-6-18(20)25-21(26)15-10-17(13-23-12-15)24-19-11-16(22)9-8-14(19)2/h4-13,24H,3H2,1-2H3,(H,25,26). The molecular weight excluding hydrogens is 362 g/mol. The van der Waals surface area contributed by atoms with Crippen molar-refractivity contribution < 1.29 is 9.53 Å². The number of aromatic nitrogens is 1. The number of aryl methyl sites for hydroxylation is 1. The summed E-state index contributed by atoms with van der Waals surface area (Å²) in [5.74, 6) is 0.367. The lowest BCUT2D eigenvalue weighted by molar-refractivity contribution is 0.102. The van der Waals surface area contributed by atoms with E-state index >= 15 is 0 Å². The third-order valence-electron chi connectivity index (χ3n) is 3.91. The molecule has 0 radical (unpaired) electrons. The molecule has 0 saturated heterocycles. The minimum absolute atomic E-state index is 0.263. The number of nitrogens with one attached hydrogen (secondary N) is 2. The van der Waals surface area contributed by atoms with Gasteiger partial charge < -0.3 is 15.4 Å². The van der Waals surface area contributed by atoms with Crippen molar-refractivity contribution in [2.24, 2.45) is 0 Å². The monoisotopic (exact) mass is 381 g/mol. The van der Waals surface area contributed by atoms with E-state index < -0.39 is 0 Å². The summed E-state index contributed by atoms with van der Waals surface area (Å²) in [5, 5.41) is 6.76. The lowest BCUT2D eigenvalue weighted by Crippen LogP contribution is -2.13. The molecule has 1 amide bonds. The van der Waals surface area contributed by atoms with Crippen molar-refractivity contribution in [1.29, 1.82) is 0 Å². The van der Waals surface area contributed by atoms with E-state index in [0.717, 1.165) is 11.3 Å². The predicted octanol–water partition coefficient (Wildman–Crippen LogP) is 5.44. The number of rotatable bonds is 6. The van der Waals surface area contributed by atoms with Gasteiger partial charge in [-0.25, -0.2) is 0 Å². The number of amides is 1. The van der Waals surface area contributed by atoms with Gasteiger partial charge in [0.05, 0.1) is 29.7 Å². The first-order chi connectivity index (χ1) is 13.1. The number of benzene rings is 2. The summed E-state index contributed by atoms with van der Waals surface area (Å²) in [6.45, 7) is 4.40. The summed E-state index contributed by atoms with van der Waals surface area (Å²) in [6.07, 6.45) is 3.18. The van der Waals surface area contributed by atoms with Gasteiger partial charge in [0.15, 0.2) is 0 Å². The third kappa shape index (κ3) is 4.77. The molecule has 0 bridgehead atoms. The normalized spacial score (nSPS) is 10.3. The molecule has 0 fully saturated rings. The Morgan fingerprint density at radius 1 is 1.11 bits per heavy atom. The number of para-hydroxylation sites is 2. The van der Waals surface area contributed by atoms with Crippen LogP contribution in [0.15, 0.2) is 60.9 Å². The summed E-state index contributed by atoms with van der Waals surface area (Å²) < 4.78 is 5.55. The zero-order chi connectivity index (χ0) is 19.2. The van der Waals surface area contributed by atoms with Gasteiger partial charge in [-0.15, -0.1) is 0 Å². The second kappa shape index (κ2) is 8.56. The Hall–Kier alpha value is -3.05. The number of carbonyl (C=O) groups is 1. The molecule has 0 unspecified atom stereocenters. The lowest BCUT2D eigenvalue weighted by atomic mass is 10.2. The van der Waals surface area contributed by atoms with E-state index in [0.29, 0.717) is 34.3 Å². The minimum Gasteiger partial charge on any atom is -0.492 e. The van der Waals surface area contributed by atoms with Crippen LogP contribution < -0.4 is 15.4 Å². The van der Waals surface area contributed by atoms with Crippen molar-refractivity contribution >= 4 is 34.6 Å². The van der Waals surface area contributed by atoms with Gasteiger partial charge in [0.2, 0.25) is 0 Å². The van der Waals surface area contributed by atoms with Crippen LogP contribution in [0.25, 0.3) is 0 Å². The highest BCUT2D eigenvalue weighted by Gasteiger charge is 2.11. The molecule has 0 atom stereocenters. The number of nitrogens with zero attached hydrogens (tertiary/aromatic N) is 1. The summed E-state index contributed by atoms with van der Waals surface area (Å²) >= 11 is 6.06. The molecule has 3 aromatic rings. The van der Waals surface area contributed by atoms with Gasteiger partial charge in [-0.1, -0.05) is 29.8 Å². The number of halogens is 1. The Balaban J connectivity index is 1.79. The van der Waals surface area contributed by atoms with Crippen LogP contribution in [0, 0.1) is 6.92 Å². The molecular formula is C21H20ClN3O2. The van der Waals surface area contributed by atoms with Crippen molar-refractivity contribution in [2.45, 2.75) is 13.8 Å². The average molecular weight is 382 g/mol. The van der Waals surface area contributed by atoms with Crippen LogP contribution in [0.2, 0.25) is 5.02 Å². The zero-order valence-electron chi connectivity index (χ0n) is 15.1. The van der Waals surface area contributed by atoms with Gasteiger partial charge >= 0.3 is 0 Å². The highest BCUT2D eigenvalue weighted by molar-refractivity contribution is 6.30. The van der Waals surface area contributed by atoms with Crippen LogP contribution in [0.3, 0.4) is 0 Å². The second-order valence-electron chi connectivity index (χ2n) is 5.93. The van der Waals surface area contributed by atoms with Crippen LogP contribution in [0.4, 0.5) is 17.1 Å². The fourth-order valence-electron chi connectivity index (χ4n) is 2.56. The predicted molar refractivity (Wildman–Crippen MR) is 109 cm³/mol. The van der Waals surface area contributed by atoms with Gasteiger partial charge in [-0.3, -0.25) is 9.78 Å². The molecule has 2 aromatic carbocycles. The number of pyridine rings is 1. The third-order valence-corrected chi connectivity index (χ3v) is 4.15. The van der Waals surface area contributed by atoms with Crippen LogP contribution in [0.1, 0.15) is 22.8 Å². The van der Waals surface area contributed by atoms with Gasteiger partial charge in [-0.2, -0.15) is 0 Å². The first-order valence-corrected chi connectivity index (χ1v) is 8.96. The quantitative estimate of drug-likeness (QED) is 0.597. The summed E-state index contributed by atoms with van der Waals surface area (Å²) in [7, 11) is 0. The topological polar surface area (TPSA) is 63.2 Å². The van der Waals surface area contributed by atoms with Crippen molar-refractivity contribution in [3.05, 3.63) is 77.1 Å². The number of ether oxygens (including phenoxy) is 1. The Labute approximate surface area is 163 Å². The van der Waals surface area contributed by atoms with Crippen molar-refractivity contribution in [3.8, 4) is 5.75 Å². The fraction of sp³-hybridized carbons (Fsp3) is 0.143. The van der Waals surface area contributed by atoms with E-state index in [-0.39, 0.29) is 5.91 Å². The SMILES string of the molecule is CCOc1ccccc1NC(=O)c1cncc(Nc2cc(Cl)ccc2C)c1. The Morgan fingerprint density at radius 2 is 1.93 bits per heavy atom. The van der Waals surface area contributed by atoms with Crippen LogP contribution >= 0.6 is 11.6 Å². The van der Waals surface area contributed by atoms with E-state index in [2.05, 4.69) is 15.6 Å². The summed E-state index contributed by atoms with van der Waals surface area (Å²) in [6, 6.07) is 14.7. The van der Waals surface area contributed by atoms with E-state index in [1.54, 1.807) is 18.3 Å². The first kappa shape index (κ1) is 18.7. The molecule has 1 heterocycles. The van der Waals surface area contributed by atoms with Crippen molar-refractivity contribution in [2.75, 3.05) is 17.2 Å². The molecule has 0 spiro atoms. The van der Waals surface area contributed by atoms with E-state index in [9.17, 15) is 4.79 Å². The van der Waals surface area contributed by atoms with Crippen molar-refractivity contribution in [3.63, 3.8) is 0 Å². The average Bonchev–Trinajstić information content (AvgIpc) is 2.67. The van der Waals surface area contributed by atoms with Gasteiger partial charge in [0.25, 0.3) is 5.91 Å². The molecule has 3 rings (SSSR count). The molecule has 0 aliphatic heterocycles. The van der Waals surface area contributed by atoms with E-state index in [1.807, 2.05) is 50.2 Å². The largest absolute Gasteiger partial charge is 0.492 e. The minimum atomic E-state index is -0.263. The maximum atomic E-state index is 12.6. The van der Waals surface area contributed by atoms with Crippen LogP contribution in [-0.4, -0.2) is 17.5 Å². The molecule has 0 aliphatic rings. The molecule has 27 heavy (non-hydrogen) atoms. The summed E-state index contributed by atoms with van der Waals surface area (Å²) in [4.78, 5) is 16.8. The number of hydrogen-bond donors (Lipinski definition) is 2. The second-order valence-corrected chi connectivity index (χ2v) is 6.37. The summed E-state index contributed by atoms with van der Waals surface area (Å²) in [5.41, 5.74) is 3.66. The Morgan fingerprint density at radius 3 is 2.74 bits per heavy atom. The number of anilines is 3. The molecule has 0 aliphatic carbocycles. The molecule has 138 valence electrons. The fourth-order valence-corrected chi connectivity index (χ4v) is 2.73. The zero-order valence-corrected chi connectivity index (χ0v) is 15.9. The number of carbonyl (C=O) groups excluding carboxylic acids is 1. The highest BCUT2D eigenvalue weighted by atomic mass is 35.5. The van der Waals surface area contributed by atoms with Gasteiger partial charge in [0.1, 0.15) is 5.75 Å². The number of hydrogen-bond acceptors (Lipinski definition) is 4. The van der Waals surface area contributed by atoms with Crippen LogP contribution in [0.5, 0.6) is 5.75 Å². The molecule has 5 nitrogen and oxygen atoms in total. The van der Waals surface area contributed by atoms with Gasteiger partial charge in [0, 0.05) is 16.9 Å². The van der Waals surface area contributed by atoms with Gasteiger partial charge in [-0.05, 0) is 49.7 Å². The van der Waals surface area contributed by atoms with E-state index in [4.69, 9.17) is 16.3 Å². The molecule has 1 aromatic heterocycles. The Kier molecular flexibility index (Phi) is 5.94. The highest BCUT2D eigenvalue weighted by Crippen LogP contribution is 2.26. The first-order valence-electron chi connectivity index (χ1n) is 8.58. The van der Waals surface area contributed by atoms with Crippen molar-refractivity contribution in [1.82, 2.24) is 4.98 Å². The maximum Gasteiger partial charge on any atom is 0.257 e. The molecule has 2 N–H and O–H groups in total.